The summed E-state index contributed by atoms with van der Waals surface area (Å²) in [5.41, 5.74) is 4.56. The molecule has 3 rings (SSSR count). The third kappa shape index (κ3) is 2.33. The highest BCUT2D eigenvalue weighted by atomic mass is 79.9. The summed E-state index contributed by atoms with van der Waals surface area (Å²) in [5.74, 6) is 0.430. The molecule has 1 aliphatic rings. The number of benzene rings is 1. The maximum Gasteiger partial charge on any atom is 0.142 e. The molecule has 0 bridgehead atoms. The number of Topliss-reactive ketones (excluding diaryl/α,β-unsaturated/α-hetero) is 1. The second-order valence-electron chi connectivity index (χ2n) is 5.49. The number of rotatable bonds is 3. The molecule has 3 nitrogen and oxygen atoms in total. The summed E-state index contributed by atoms with van der Waals surface area (Å²) >= 11 is 3.53. The molecule has 0 saturated heterocycles. The van der Waals surface area contributed by atoms with Gasteiger partial charge < -0.3 is 0 Å². The van der Waals surface area contributed by atoms with Gasteiger partial charge in [0.25, 0.3) is 0 Å². The van der Waals surface area contributed by atoms with Crippen LogP contribution in [-0.4, -0.2) is 15.6 Å². The van der Waals surface area contributed by atoms with E-state index in [1.165, 1.54) is 11.1 Å². The minimum absolute atomic E-state index is 0.120. The Bertz CT molecular complexity index is 650. The van der Waals surface area contributed by atoms with Gasteiger partial charge in [0, 0.05) is 19.4 Å². The summed E-state index contributed by atoms with van der Waals surface area (Å²) in [7, 11) is 1.89. The average Bonchev–Trinajstić information content (AvgIpc) is 2.95. The number of nitrogens with zero attached hydrogens (tertiary/aromatic N) is 2. The van der Waals surface area contributed by atoms with Crippen molar-refractivity contribution in [2.24, 2.45) is 13.0 Å². The van der Waals surface area contributed by atoms with Crippen molar-refractivity contribution in [3.8, 4) is 0 Å². The van der Waals surface area contributed by atoms with Gasteiger partial charge in [0.05, 0.1) is 15.9 Å². The van der Waals surface area contributed by atoms with Crippen molar-refractivity contribution >= 4 is 21.7 Å². The number of aryl methyl sites for hydroxylation is 2. The maximum absolute atomic E-state index is 12.5. The Morgan fingerprint density at radius 1 is 1.35 bits per heavy atom. The molecule has 1 aromatic carbocycles. The van der Waals surface area contributed by atoms with Crippen molar-refractivity contribution in [3.05, 3.63) is 51.3 Å². The largest absolute Gasteiger partial charge is 0.299 e. The topological polar surface area (TPSA) is 34.9 Å². The van der Waals surface area contributed by atoms with E-state index in [-0.39, 0.29) is 5.92 Å². The van der Waals surface area contributed by atoms with Gasteiger partial charge in [-0.25, -0.2) is 0 Å². The molecule has 0 saturated carbocycles. The van der Waals surface area contributed by atoms with Crippen LogP contribution in [0.15, 0.2) is 28.7 Å². The number of carbonyl (C=O) groups excluding carboxylic acids is 1. The molecule has 1 aromatic heterocycles. The Morgan fingerprint density at radius 2 is 1.95 bits per heavy atom. The Kier molecular flexibility index (Phi) is 3.50. The van der Waals surface area contributed by atoms with Crippen LogP contribution in [0.5, 0.6) is 0 Å². The van der Waals surface area contributed by atoms with Crippen molar-refractivity contribution in [1.82, 2.24) is 9.78 Å². The lowest BCUT2D eigenvalue weighted by atomic mass is 9.97. The third-order valence-electron chi connectivity index (χ3n) is 4.11. The van der Waals surface area contributed by atoms with Gasteiger partial charge in [0.2, 0.25) is 0 Å². The Labute approximate surface area is 127 Å². The van der Waals surface area contributed by atoms with Gasteiger partial charge in [0.15, 0.2) is 0 Å². The fraction of sp³-hybridized carbons (Fsp3) is 0.375. The molecule has 0 N–H and O–H groups in total. The molecule has 0 fully saturated rings. The fourth-order valence-corrected chi connectivity index (χ4v) is 3.44. The Morgan fingerprint density at radius 3 is 2.45 bits per heavy atom. The lowest BCUT2D eigenvalue weighted by Gasteiger charge is -2.08. The summed E-state index contributed by atoms with van der Waals surface area (Å²) in [6.45, 7) is 1.95. The first-order valence-electron chi connectivity index (χ1n) is 6.83. The Balaban J connectivity index is 1.76. The molecular weight excluding hydrogens is 316 g/mol. The zero-order valence-electron chi connectivity index (χ0n) is 11.7. The molecule has 0 unspecified atom stereocenters. The molecule has 2 aromatic rings. The number of hydrogen-bond acceptors (Lipinski definition) is 2. The van der Waals surface area contributed by atoms with E-state index in [0.29, 0.717) is 12.2 Å². The highest BCUT2D eigenvalue weighted by molar-refractivity contribution is 9.10. The molecule has 0 spiro atoms. The minimum atomic E-state index is 0.120. The van der Waals surface area contributed by atoms with Crippen LogP contribution >= 0.6 is 15.9 Å². The summed E-state index contributed by atoms with van der Waals surface area (Å²) < 4.78 is 2.77. The number of aromatic nitrogens is 2. The lowest BCUT2D eigenvalue weighted by molar-refractivity contribution is -0.122. The Hall–Kier alpha value is -1.42. The van der Waals surface area contributed by atoms with Gasteiger partial charge in [-0.1, -0.05) is 24.3 Å². The molecule has 4 heteroatoms. The van der Waals surface area contributed by atoms with Crippen molar-refractivity contribution in [3.63, 3.8) is 0 Å². The van der Waals surface area contributed by atoms with Crippen molar-refractivity contribution < 1.29 is 4.79 Å². The molecule has 104 valence electrons. The summed E-state index contributed by atoms with van der Waals surface area (Å²) in [6, 6.07) is 8.36. The smallest absolute Gasteiger partial charge is 0.142 e. The lowest BCUT2D eigenvalue weighted by Crippen LogP contribution is -2.18. The molecule has 0 amide bonds. The normalized spacial score (nSPS) is 14.6. The standard InChI is InChI=1S/C16H17BrN2O/c1-10-16(17)14(19(2)18-10)9-15(20)13-7-11-5-3-4-6-12(11)8-13/h3-6,13H,7-9H2,1-2H3. The van der Waals surface area contributed by atoms with E-state index in [0.717, 1.165) is 28.7 Å². The molecule has 0 radical (unpaired) electrons. The predicted octanol–water partition coefficient (Wildman–Crippen LogP) is 3.02. The van der Waals surface area contributed by atoms with E-state index in [9.17, 15) is 4.79 Å². The van der Waals surface area contributed by atoms with E-state index < -0.39 is 0 Å². The molecule has 0 aliphatic heterocycles. The monoisotopic (exact) mass is 332 g/mol. The third-order valence-corrected chi connectivity index (χ3v) is 5.14. The van der Waals surface area contributed by atoms with E-state index in [1.54, 1.807) is 4.68 Å². The first kappa shape index (κ1) is 13.6. The van der Waals surface area contributed by atoms with Gasteiger partial charge in [-0.05, 0) is 46.8 Å². The summed E-state index contributed by atoms with van der Waals surface area (Å²) in [4.78, 5) is 12.5. The van der Waals surface area contributed by atoms with Crippen LogP contribution in [0.25, 0.3) is 0 Å². The van der Waals surface area contributed by atoms with E-state index in [4.69, 9.17) is 0 Å². The van der Waals surface area contributed by atoms with Gasteiger partial charge in [-0.15, -0.1) is 0 Å². The van der Waals surface area contributed by atoms with Crippen LogP contribution in [0.2, 0.25) is 0 Å². The summed E-state index contributed by atoms with van der Waals surface area (Å²) in [5, 5.41) is 4.35. The van der Waals surface area contributed by atoms with Crippen molar-refractivity contribution in [1.29, 1.82) is 0 Å². The highest BCUT2D eigenvalue weighted by Gasteiger charge is 2.28. The predicted molar refractivity (Wildman–Crippen MR) is 81.7 cm³/mol. The second-order valence-corrected chi connectivity index (χ2v) is 6.28. The zero-order valence-corrected chi connectivity index (χ0v) is 13.3. The van der Waals surface area contributed by atoms with Crippen LogP contribution in [-0.2, 0) is 31.1 Å². The zero-order chi connectivity index (χ0) is 14.3. The van der Waals surface area contributed by atoms with E-state index in [1.807, 2.05) is 26.1 Å². The van der Waals surface area contributed by atoms with Crippen LogP contribution in [0.3, 0.4) is 0 Å². The minimum Gasteiger partial charge on any atom is -0.299 e. The average molecular weight is 333 g/mol. The van der Waals surface area contributed by atoms with E-state index in [2.05, 4.69) is 33.2 Å². The van der Waals surface area contributed by atoms with Crippen LogP contribution in [0.4, 0.5) is 0 Å². The van der Waals surface area contributed by atoms with Crippen molar-refractivity contribution in [2.75, 3.05) is 0 Å². The van der Waals surface area contributed by atoms with Gasteiger partial charge in [0.1, 0.15) is 5.78 Å². The van der Waals surface area contributed by atoms with Crippen LogP contribution in [0, 0.1) is 12.8 Å². The maximum atomic E-state index is 12.5. The second kappa shape index (κ2) is 5.17. The number of carbonyl (C=O) groups is 1. The molecule has 1 heterocycles. The number of halogens is 1. The number of fused-ring (bicyclic) bond motifs is 1. The van der Waals surface area contributed by atoms with Gasteiger partial charge in [-0.2, -0.15) is 5.10 Å². The highest BCUT2D eigenvalue weighted by Crippen LogP contribution is 2.29. The number of ketones is 1. The molecule has 20 heavy (non-hydrogen) atoms. The van der Waals surface area contributed by atoms with Crippen LogP contribution in [0.1, 0.15) is 22.5 Å². The molecule has 1 aliphatic carbocycles. The summed E-state index contributed by atoms with van der Waals surface area (Å²) in [6.07, 6.45) is 2.21. The molecule has 0 atom stereocenters. The first-order valence-corrected chi connectivity index (χ1v) is 7.63. The first-order chi connectivity index (χ1) is 9.56. The molecular formula is C16H17BrN2O. The van der Waals surface area contributed by atoms with Crippen molar-refractivity contribution in [2.45, 2.75) is 26.2 Å². The quantitative estimate of drug-likeness (QED) is 0.865. The SMILES string of the molecule is Cc1nn(C)c(CC(=O)C2Cc3ccccc3C2)c1Br. The van der Waals surface area contributed by atoms with Crippen LogP contribution < -0.4 is 0 Å². The van der Waals surface area contributed by atoms with Gasteiger partial charge >= 0.3 is 0 Å². The van der Waals surface area contributed by atoms with Gasteiger partial charge in [-0.3, -0.25) is 9.48 Å². The number of hydrogen-bond donors (Lipinski definition) is 0. The fourth-order valence-electron chi connectivity index (χ4n) is 2.97. The van der Waals surface area contributed by atoms with E-state index >= 15 is 0 Å².